The molecule has 31 heavy (non-hydrogen) atoms. The molecule has 0 atom stereocenters. The Hall–Kier alpha value is -3.52. The van der Waals surface area contributed by atoms with Gasteiger partial charge in [-0.25, -0.2) is 0 Å². The Kier molecular flexibility index (Phi) is 6.68. The van der Waals surface area contributed by atoms with Gasteiger partial charge in [-0.15, -0.1) is 10.2 Å². The number of amides is 1. The second-order valence-electron chi connectivity index (χ2n) is 6.68. The number of carbonyl (C=O) groups is 1. The molecule has 7 nitrogen and oxygen atoms in total. The third-order valence-electron chi connectivity index (χ3n) is 4.63. The fourth-order valence-electron chi connectivity index (χ4n) is 3.08. The number of ether oxygens (including phenoxy) is 1. The molecular weight excluding hydrogens is 412 g/mol. The lowest BCUT2D eigenvalue weighted by Crippen LogP contribution is -2.24. The summed E-state index contributed by atoms with van der Waals surface area (Å²) in [6.07, 6.45) is 2.39. The van der Waals surface area contributed by atoms with Crippen LogP contribution < -0.4 is 10.1 Å². The minimum absolute atomic E-state index is 0.211. The maximum absolute atomic E-state index is 12.3. The summed E-state index contributed by atoms with van der Waals surface area (Å²) < 4.78 is 12.5. The Morgan fingerprint density at radius 2 is 1.97 bits per heavy atom. The van der Waals surface area contributed by atoms with Gasteiger partial charge in [0.1, 0.15) is 5.75 Å². The Morgan fingerprint density at radius 3 is 2.74 bits per heavy atom. The van der Waals surface area contributed by atoms with Crippen molar-refractivity contribution in [3.8, 4) is 11.4 Å². The number of hydrogen-bond donors (Lipinski definition) is 1. The molecule has 1 N–H and O–H groups in total. The predicted octanol–water partition coefficient (Wildman–Crippen LogP) is 4.13. The van der Waals surface area contributed by atoms with Gasteiger partial charge in [0.25, 0.3) is 5.91 Å². The molecule has 158 valence electrons. The molecule has 0 aliphatic rings. The summed E-state index contributed by atoms with van der Waals surface area (Å²) in [5, 5.41) is 12.3. The molecular formula is C23H22N4O3S. The van der Waals surface area contributed by atoms with Crippen molar-refractivity contribution in [3.63, 3.8) is 0 Å². The summed E-state index contributed by atoms with van der Waals surface area (Å²) >= 11 is 1.62. The molecule has 2 aromatic heterocycles. The van der Waals surface area contributed by atoms with Crippen LogP contribution in [0.25, 0.3) is 5.69 Å². The first-order valence-electron chi connectivity index (χ1n) is 9.82. The fourth-order valence-corrected chi connectivity index (χ4v) is 4.04. The number of rotatable bonds is 9. The topological polar surface area (TPSA) is 82.2 Å². The van der Waals surface area contributed by atoms with Crippen molar-refractivity contribution in [2.24, 2.45) is 0 Å². The normalized spacial score (nSPS) is 10.7. The second-order valence-corrected chi connectivity index (χ2v) is 7.74. The van der Waals surface area contributed by atoms with Crippen LogP contribution >= 0.6 is 11.8 Å². The molecule has 0 aliphatic heterocycles. The van der Waals surface area contributed by atoms with E-state index in [-0.39, 0.29) is 18.2 Å². The van der Waals surface area contributed by atoms with E-state index >= 15 is 0 Å². The summed E-state index contributed by atoms with van der Waals surface area (Å²) in [7, 11) is 1.63. The quantitative estimate of drug-likeness (QED) is 0.399. The van der Waals surface area contributed by atoms with Gasteiger partial charge in [-0.2, -0.15) is 0 Å². The molecule has 0 spiro atoms. The first-order valence-corrected chi connectivity index (χ1v) is 10.8. The van der Waals surface area contributed by atoms with E-state index in [9.17, 15) is 4.79 Å². The number of nitrogens with zero attached hydrogens (tertiary/aromatic N) is 3. The van der Waals surface area contributed by atoms with Crippen molar-refractivity contribution in [1.29, 1.82) is 0 Å². The van der Waals surface area contributed by atoms with Crippen LogP contribution in [0.15, 0.2) is 82.6 Å². The molecule has 1 amide bonds. The van der Waals surface area contributed by atoms with Gasteiger partial charge in [0.05, 0.1) is 25.6 Å². The zero-order valence-corrected chi connectivity index (χ0v) is 17.8. The monoisotopic (exact) mass is 434 g/mol. The Morgan fingerprint density at radius 1 is 1.10 bits per heavy atom. The standard InChI is InChI=1S/C23H22N4O3S/c1-29-19-10-5-9-18(15-19)27-21(16-24-22(28)20-11-6-13-30-20)25-26-23(27)31-14-12-17-7-3-2-4-8-17/h2-11,13,15H,12,14,16H2,1H3,(H,24,28). The van der Waals surface area contributed by atoms with Crippen LogP contribution in [0.5, 0.6) is 5.75 Å². The van der Waals surface area contributed by atoms with Gasteiger partial charge in [0.2, 0.25) is 0 Å². The maximum Gasteiger partial charge on any atom is 0.287 e. The van der Waals surface area contributed by atoms with Crippen LogP contribution in [-0.2, 0) is 13.0 Å². The number of benzene rings is 2. The number of thioether (sulfide) groups is 1. The molecule has 0 aliphatic carbocycles. The number of aromatic nitrogens is 3. The van der Waals surface area contributed by atoms with E-state index in [1.165, 1.54) is 11.8 Å². The lowest BCUT2D eigenvalue weighted by molar-refractivity contribution is 0.0922. The number of furan rings is 1. The summed E-state index contributed by atoms with van der Waals surface area (Å²) in [5.74, 6) is 2.16. The van der Waals surface area contributed by atoms with Gasteiger partial charge >= 0.3 is 0 Å². The molecule has 0 fully saturated rings. The number of aryl methyl sites for hydroxylation is 1. The van der Waals surface area contributed by atoms with Crippen LogP contribution in [0.4, 0.5) is 0 Å². The average molecular weight is 435 g/mol. The highest BCUT2D eigenvalue weighted by molar-refractivity contribution is 7.99. The van der Waals surface area contributed by atoms with Crippen molar-refractivity contribution in [2.75, 3.05) is 12.9 Å². The smallest absolute Gasteiger partial charge is 0.287 e. The number of nitrogens with one attached hydrogen (secondary N) is 1. The highest BCUT2D eigenvalue weighted by Crippen LogP contribution is 2.25. The molecule has 8 heteroatoms. The zero-order chi connectivity index (χ0) is 21.5. The van der Waals surface area contributed by atoms with Crippen molar-refractivity contribution in [2.45, 2.75) is 18.1 Å². The number of hydrogen-bond acceptors (Lipinski definition) is 6. The third-order valence-corrected chi connectivity index (χ3v) is 5.56. The van der Waals surface area contributed by atoms with Crippen molar-refractivity contribution in [3.05, 3.63) is 90.1 Å². The zero-order valence-electron chi connectivity index (χ0n) is 17.0. The maximum atomic E-state index is 12.3. The summed E-state index contributed by atoms with van der Waals surface area (Å²) in [6, 6.07) is 21.3. The first-order chi connectivity index (χ1) is 15.2. The average Bonchev–Trinajstić information content (AvgIpc) is 3.49. The summed E-state index contributed by atoms with van der Waals surface area (Å²) in [5.41, 5.74) is 2.14. The van der Waals surface area contributed by atoms with E-state index in [0.717, 1.165) is 28.8 Å². The van der Waals surface area contributed by atoms with Crippen LogP contribution in [0.1, 0.15) is 21.9 Å². The molecule has 2 aromatic carbocycles. The van der Waals surface area contributed by atoms with Crippen molar-refractivity contribution in [1.82, 2.24) is 20.1 Å². The van der Waals surface area contributed by atoms with Gasteiger partial charge in [0, 0.05) is 11.8 Å². The molecule has 2 heterocycles. The minimum atomic E-state index is -0.302. The fraction of sp³-hybridized carbons (Fsp3) is 0.174. The lowest BCUT2D eigenvalue weighted by Gasteiger charge is -2.12. The number of methoxy groups -OCH3 is 1. The Labute approximate surface area is 184 Å². The van der Waals surface area contributed by atoms with Crippen LogP contribution in [0, 0.1) is 0 Å². The summed E-state index contributed by atoms with van der Waals surface area (Å²) in [6.45, 7) is 0.211. The van der Waals surface area contributed by atoms with Crippen LogP contribution in [0.2, 0.25) is 0 Å². The first kappa shape index (κ1) is 20.7. The minimum Gasteiger partial charge on any atom is -0.497 e. The van der Waals surface area contributed by atoms with Crippen LogP contribution in [-0.4, -0.2) is 33.5 Å². The van der Waals surface area contributed by atoms with E-state index in [1.807, 2.05) is 47.0 Å². The van der Waals surface area contributed by atoms with E-state index in [1.54, 1.807) is 31.0 Å². The van der Waals surface area contributed by atoms with Gasteiger partial charge < -0.3 is 14.5 Å². The van der Waals surface area contributed by atoms with Gasteiger partial charge in [-0.05, 0) is 36.2 Å². The molecule has 4 aromatic rings. The largest absolute Gasteiger partial charge is 0.497 e. The molecule has 0 saturated carbocycles. The van der Waals surface area contributed by atoms with E-state index < -0.39 is 0 Å². The van der Waals surface area contributed by atoms with E-state index in [4.69, 9.17) is 9.15 Å². The molecule has 0 radical (unpaired) electrons. The summed E-state index contributed by atoms with van der Waals surface area (Å²) in [4.78, 5) is 12.3. The lowest BCUT2D eigenvalue weighted by atomic mass is 10.2. The van der Waals surface area contributed by atoms with Gasteiger partial charge in [-0.1, -0.05) is 48.2 Å². The highest BCUT2D eigenvalue weighted by atomic mass is 32.2. The van der Waals surface area contributed by atoms with Crippen molar-refractivity contribution >= 4 is 17.7 Å². The van der Waals surface area contributed by atoms with Crippen LogP contribution in [0.3, 0.4) is 0 Å². The second kappa shape index (κ2) is 9.99. The SMILES string of the molecule is COc1cccc(-n2c(CNC(=O)c3ccco3)nnc2SCCc2ccccc2)c1. The Bertz CT molecular complexity index is 1130. The molecule has 0 bridgehead atoms. The molecule has 4 rings (SSSR count). The highest BCUT2D eigenvalue weighted by Gasteiger charge is 2.17. The predicted molar refractivity (Wildman–Crippen MR) is 119 cm³/mol. The van der Waals surface area contributed by atoms with E-state index in [0.29, 0.717) is 5.82 Å². The molecule has 0 unspecified atom stereocenters. The van der Waals surface area contributed by atoms with Gasteiger partial charge in [0.15, 0.2) is 16.7 Å². The van der Waals surface area contributed by atoms with E-state index in [2.05, 4.69) is 27.6 Å². The number of carbonyl (C=O) groups excluding carboxylic acids is 1. The van der Waals surface area contributed by atoms with Gasteiger partial charge in [-0.3, -0.25) is 9.36 Å². The molecule has 0 saturated heterocycles. The third kappa shape index (κ3) is 5.16. The Balaban J connectivity index is 1.54. The van der Waals surface area contributed by atoms with Crippen molar-refractivity contribution < 1.29 is 13.9 Å².